The van der Waals surface area contributed by atoms with Crippen LogP contribution >= 0.6 is 0 Å². The second-order valence-electron chi connectivity index (χ2n) is 6.00. The number of fused-ring (bicyclic) bond motifs is 3. The van der Waals surface area contributed by atoms with Crippen molar-refractivity contribution < 1.29 is 13.1 Å². The quantitative estimate of drug-likeness (QED) is 0.510. The van der Waals surface area contributed by atoms with Gasteiger partial charge in [-0.15, -0.1) is 0 Å². The SMILES string of the molecule is [2H]C([2H])([2H])c1c[n+](C)c(B2C=Cc3c(oc4ncccc34)N2C)cc1C. The van der Waals surface area contributed by atoms with Crippen LogP contribution in [0, 0.1) is 13.8 Å². The van der Waals surface area contributed by atoms with Crippen LogP contribution in [0.2, 0.25) is 0 Å². The molecule has 4 nitrogen and oxygen atoms in total. The van der Waals surface area contributed by atoms with E-state index in [1.165, 1.54) is 0 Å². The first-order valence-corrected chi connectivity index (χ1v) is 7.56. The van der Waals surface area contributed by atoms with Crippen LogP contribution < -0.4 is 15.0 Å². The highest BCUT2D eigenvalue weighted by Crippen LogP contribution is 2.34. The molecular formula is C18H19BN3O+. The maximum absolute atomic E-state index is 7.70. The van der Waals surface area contributed by atoms with E-state index in [9.17, 15) is 0 Å². The summed E-state index contributed by atoms with van der Waals surface area (Å²) in [7, 11) is 3.85. The second-order valence-corrected chi connectivity index (χ2v) is 6.00. The molecule has 0 bridgehead atoms. The minimum atomic E-state index is -2.12. The van der Waals surface area contributed by atoms with E-state index in [0.717, 1.165) is 28.0 Å². The third-order valence-electron chi connectivity index (χ3n) is 4.49. The maximum atomic E-state index is 7.70. The van der Waals surface area contributed by atoms with Crippen LogP contribution in [0.5, 0.6) is 0 Å². The smallest absolute Gasteiger partial charge is 0.398 e. The molecule has 0 aromatic carbocycles. The Kier molecular flexibility index (Phi) is 2.39. The van der Waals surface area contributed by atoms with Crippen molar-refractivity contribution in [3.63, 3.8) is 0 Å². The topological polar surface area (TPSA) is 33.1 Å². The van der Waals surface area contributed by atoms with Gasteiger partial charge in [0.1, 0.15) is 7.05 Å². The summed E-state index contributed by atoms with van der Waals surface area (Å²) >= 11 is 0. The first-order chi connectivity index (χ1) is 12.3. The van der Waals surface area contributed by atoms with Gasteiger partial charge in [-0.2, -0.15) is 0 Å². The van der Waals surface area contributed by atoms with Crippen LogP contribution in [0.3, 0.4) is 0 Å². The fraction of sp³-hybridized carbons (Fsp3) is 0.222. The number of rotatable bonds is 1. The van der Waals surface area contributed by atoms with Crippen LogP contribution in [0.4, 0.5) is 5.88 Å². The molecule has 1 aliphatic heterocycles. The van der Waals surface area contributed by atoms with E-state index in [1.54, 1.807) is 12.4 Å². The van der Waals surface area contributed by atoms with Crippen LogP contribution in [0.15, 0.2) is 41.0 Å². The van der Waals surface area contributed by atoms with E-state index < -0.39 is 6.85 Å². The fourth-order valence-corrected chi connectivity index (χ4v) is 3.17. The van der Waals surface area contributed by atoms with Gasteiger partial charge in [-0.1, -0.05) is 12.1 Å². The van der Waals surface area contributed by atoms with E-state index in [-0.39, 0.29) is 6.85 Å². The summed E-state index contributed by atoms with van der Waals surface area (Å²) in [5, 5.41) is 0.988. The molecule has 0 saturated carbocycles. The van der Waals surface area contributed by atoms with Crippen molar-refractivity contribution in [2.75, 3.05) is 11.9 Å². The predicted molar refractivity (Wildman–Crippen MR) is 93.9 cm³/mol. The second kappa shape index (κ2) is 4.98. The van der Waals surface area contributed by atoms with E-state index in [4.69, 9.17) is 8.53 Å². The van der Waals surface area contributed by atoms with Crippen molar-refractivity contribution in [3.8, 4) is 0 Å². The number of pyridine rings is 2. The molecule has 0 radical (unpaired) electrons. The summed E-state index contributed by atoms with van der Waals surface area (Å²) in [6.07, 6.45) is 5.48. The minimum Gasteiger partial charge on any atom is -0.423 e. The van der Waals surface area contributed by atoms with Gasteiger partial charge in [0.25, 0.3) is 0 Å². The van der Waals surface area contributed by atoms with Gasteiger partial charge in [-0.3, -0.25) is 0 Å². The molecule has 4 rings (SSSR count). The Balaban J connectivity index is 1.80. The lowest BCUT2D eigenvalue weighted by molar-refractivity contribution is -0.654. The molecule has 0 aliphatic carbocycles. The number of hydrogen-bond acceptors (Lipinski definition) is 3. The third-order valence-corrected chi connectivity index (χ3v) is 4.49. The molecule has 0 atom stereocenters. The molecule has 5 heteroatoms. The summed E-state index contributed by atoms with van der Waals surface area (Å²) < 4.78 is 30.9. The average Bonchev–Trinajstić information content (AvgIpc) is 2.96. The maximum Gasteiger partial charge on any atom is 0.398 e. The average molecular weight is 307 g/mol. The Morgan fingerprint density at radius 3 is 3.09 bits per heavy atom. The molecular weight excluding hydrogens is 285 g/mol. The summed E-state index contributed by atoms with van der Waals surface area (Å²) in [5.74, 6) is 2.87. The van der Waals surface area contributed by atoms with Gasteiger partial charge >= 0.3 is 6.85 Å². The zero-order chi connectivity index (χ0) is 18.6. The lowest BCUT2D eigenvalue weighted by Gasteiger charge is -2.24. The van der Waals surface area contributed by atoms with Gasteiger partial charge in [-0.25, -0.2) is 9.55 Å². The number of aromatic nitrogens is 2. The van der Waals surface area contributed by atoms with Crippen LogP contribution in [-0.2, 0) is 7.05 Å². The normalized spacial score (nSPS) is 16.2. The molecule has 0 N–H and O–H groups in total. The molecule has 114 valence electrons. The van der Waals surface area contributed by atoms with Crippen molar-refractivity contribution in [3.05, 3.63) is 53.3 Å². The molecule has 1 aliphatic rings. The van der Waals surface area contributed by atoms with Crippen LogP contribution in [0.1, 0.15) is 20.8 Å². The van der Waals surface area contributed by atoms with Gasteiger partial charge < -0.3 is 9.23 Å². The fourth-order valence-electron chi connectivity index (χ4n) is 3.17. The Labute approximate surface area is 140 Å². The highest BCUT2D eigenvalue weighted by atomic mass is 16.4. The molecule has 4 heterocycles. The van der Waals surface area contributed by atoms with Crippen molar-refractivity contribution in [1.29, 1.82) is 0 Å². The predicted octanol–water partition coefficient (Wildman–Crippen LogP) is 2.17. The van der Waals surface area contributed by atoms with Gasteiger partial charge in [0.2, 0.25) is 5.71 Å². The van der Waals surface area contributed by atoms with Gasteiger partial charge in [-0.05, 0) is 38.5 Å². The molecule has 0 unspecified atom stereocenters. The molecule has 0 amide bonds. The molecule has 0 spiro atoms. The van der Waals surface area contributed by atoms with Crippen molar-refractivity contribution >= 4 is 35.5 Å². The zero-order valence-electron chi connectivity index (χ0n) is 16.4. The molecule has 3 aromatic rings. The number of anilines is 1. The number of hydrogen-bond donors (Lipinski definition) is 0. The van der Waals surface area contributed by atoms with Crippen LogP contribution in [-0.4, -0.2) is 18.9 Å². The van der Waals surface area contributed by atoms with E-state index in [0.29, 0.717) is 11.3 Å². The lowest BCUT2D eigenvalue weighted by atomic mass is 9.55. The van der Waals surface area contributed by atoms with Crippen molar-refractivity contribution in [2.24, 2.45) is 7.05 Å². The summed E-state index contributed by atoms with van der Waals surface area (Å²) in [6, 6.07) is 5.84. The largest absolute Gasteiger partial charge is 0.423 e. The van der Waals surface area contributed by atoms with E-state index in [1.807, 2.05) is 43.8 Å². The van der Waals surface area contributed by atoms with Gasteiger partial charge in [0.15, 0.2) is 17.7 Å². The Hall–Kier alpha value is -2.56. The highest BCUT2D eigenvalue weighted by molar-refractivity contribution is 6.80. The first kappa shape index (κ1) is 11.1. The molecule has 3 aromatic heterocycles. The Bertz CT molecular complexity index is 1040. The van der Waals surface area contributed by atoms with Crippen LogP contribution in [0.25, 0.3) is 17.2 Å². The summed E-state index contributed by atoms with van der Waals surface area (Å²) in [4.78, 5) is 6.35. The Morgan fingerprint density at radius 2 is 2.26 bits per heavy atom. The summed E-state index contributed by atoms with van der Waals surface area (Å²) in [6.45, 7) is -0.335. The molecule has 0 fully saturated rings. The molecule has 23 heavy (non-hydrogen) atoms. The minimum absolute atomic E-state index is 0.0580. The third kappa shape index (κ3) is 2.07. The van der Waals surface area contributed by atoms with Crippen molar-refractivity contribution in [2.45, 2.75) is 13.8 Å². The van der Waals surface area contributed by atoms with Gasteiger partial charge in [0.05, 0.1) is 0 Å². The number of furan rings is 1. The Morgan fingerprint density at radius 1 is 1.39 bits per heavy atom. The standard InChI is InChI=1S/C18H19BN3O/c1-12-10-16(21(3)11-13(12)2)19-8-7-15-14-6-5-9-20-17(14)23-18(15)22(19)4/h5-11H,1-4H3/q+1/i2D3. The van der Waals surface area contributed by atoms with E-state index in [2.05, 4.69) is 21.8 Å². The molecule has 0 saturated heterocycles. The monoisotopic (exact) mass is 307 g/mol. The number of aryl methyl sites for hydroxylation is 3. The van der Waals surface area contributed by atoms with Crippen molar-refractivity contribution in [1.82, 2.24) is 4.98 Å². The van der Waals surface area contributed by atoms with E-state index >= 15 is 0 Å². The number of nitrogens with zero attached hydrogens (tertiary/aromatic N) is 3. The van der Waals surface area contributed by atoms with Gasteiger partial charge in [0, 0.05) is 32.9 Å². The zero-order valence-corrected chi connectivity index (χ0v) is 13.4. The first-order valence-electron chi connectivity index (χ1n) is 9.06. The lowest BCUT2D eigenvalue weighted by Crippen LogP contribution is -2.60. The summed E-state index contributed by atoms with van der Waals surface area (Å²) in [5.41, 5.74) is 3.77. The highest BCUT2D eigenvalue weighted by Gasteiger charge is 2.35.